The molecule has 3 rings (SSSR count). The molecule has 8 heteroatoms. The second-order valence-corrected chi connectivity index (χ2v) is 6.80. The van der Waals surface area contributed by atoms with E-state index >= 15 is 0 Å². The Balaban J connectivity index is 0.00000225. The first-order valence-electron chi connectivity index (χ1n) is 7.23. The number of fused-ring (bicyclic) bond motifs is 2. The normalized spacial score (nSPS) is 13.1. The van der Waals surface area contributed by atoms with Gasteiger partial charge in [0.15, 0.2) is 0 Å². The molecule has 0 bridgehead atoms. The van der Waals surface area contributed by atoms with Crippen LogP contribution < -0.4 is 4.90 Å². The second-order valence-electron chi connectivity index (χ2n) is 5.72. The van der Waals surface area contributed by atoms with Gasteiger partial charge in [-0.3, -0.25) is 9.69 Å². The highest BCUT2D eigenvalue weighted by atomic mass is 35.5. The zero-order valence-corrected chi connectivity index (χ0v) is 15.1. The Morgan fingerprint density at radius 2 is 1.72 bits per heavy atom. The Kier molecular flexibility index (Phi) is 5.71. The fourth-order valence-electron chi connectivity index (χ4n) is 2.54. The summed E-state index contributed by atoms with van der Waals surface area (Å²) in [6.07, 6.45) is -4.45. The van der Waals surface area contributed by atoms with E-state index in [1.807, 2.05) is 12.1 Å². The number of halogens is 4. The molecular formula is C17H16ClF3N2OS. The zero-order chi connectivity index (χ0) is 17.5. The number of alkyl halides is 3. The maximum absolute atomic E-state index is 13.1. The molecule has 25 heavy (non-hydrogen) atoms. The summed E-state index contributed by atoms with van der Waals surface area (Å²) >= 11 is 1.37. The van der Waals surface area contributed by atoms with Gasteiger partial charge in [0.2, 0.25) is 5.91 Å². The molecule has 1 amide bonds. The number of hydrogen-bond donors (Lipinski definition) is 0. The maximum atomic E-state index is 13.1. The van der Waals surface area contributed by atoms with Crippen LogP contribution in [0.25, 0.3) is 0 Å². The quantitative estimate of drug-likeness (QED) is 0.737. The van der Waals surface area contributed by atoms with Crippen LogP contribution in [0.15, 0.2) is 52.3 Å². The standard InChI is InChI=1S/C17H15F3N2OS.ClH/c1-21(2)10-16(23)22-12-5-3-4-6-14(12)24-15-8-7-11(9-13(15)22)17(18,19)20;/h3-9H,10H2,1-2H3;1H. The Bertz CT molecular complexity index is 796. The Morgan fingerprint density at radius 3 is 2.36 bits per heavy atom. The van der Waals surface area contributed by atoms with Crippen LogP contribution in [-0.2, 0) is 11.0 Å². The SMILES string of the molecule is CN(C)CC(=O)N1c2ccccc2Sc2ccc(C(F)(F)F)cc21.Cl. The van der Waals surface area contributed by atoms with Gasteiger partial charge in [0.1, 0.15) is 0 Å². The summed E-state index contributed by atoms with van der Waals surface area (Å²) in [6, 6.07) is 10.7. The van der Waals surface area contributed by atoms with Gasteiger partial charge in [0.25, 0.3) is 0 Å². The van der Waals surface area contributed by atoms with Crippen LogP contribution in [0.3, 0.4) is 0 Å². The van der Waals surface area contributed by atoms with Gasteiger partial charge < -0.3 is 4.90 Å². The van der Waals surface area contributed by atoms with E-state index in [9.17, 15) is 18.0 Å². The predicted molar refractivity (Wildman–Crippen MR) is 95.0 cm³/mol. The largest absolute Gasteiger partial charge is 0.416 e. The molecule has 2 aromatic carbocycles. The van der Waals surface area contributed by atoms with E-state index in [4.69, 9.17) is 0 Å². The van der Waals surface area contributed by atoms with Crippen LogP contribution in [0, 0.1) is 0 Å². The minimum Gasteiger partial charge on any atom is -0.301 e. The summed E-state index contributed by atoms with van der Waals surface area (Å²) in [4.78, 5) is 17.2. The van der Waals surface area contributed by atoms with Crippen molar-refractivity contribution in [3.05, 3.63) is 48.0 Å². The second kappa shape index (κ2) is 7.27. The van der Waals surface area contributed by atoms with Crippen molar-refractivity contribution < 1.29 is 18.0 Å². The number of amides is 1. The lowest BCUT2D eigenvalue weighted by Crippen LogP contribution is -2.36. The van der Waals surface area contributed by atoms with Crippen LogP contribution in [0.1, 0.15) is 5.56 Å². The van der Waals surface area contributed by atoms with Crippen molar-refractivity contribution in [3.63, 3.8) is 0 Å². The van der Waals surface area contributed by atoms with Crippen molar-refractivity contribution in [2.75, 3.05) is 25.5 Å². The monoisotopic (exact) mass is 388 g/mol. The fraction of sp³-hybridized carbons (Fsp3) is 0.235. The summed E-state index contributed by atoms with van der Waals surface area (Å²) in [5.41, 5.74) is 0.130. The molecule has 0 aromatic heterocycles. The predicted octanol–water partition coefficient (Wildman–Crippen LogP) is 4.82. The molecule has 3 nitrogen and oxygen atoms in total. The lowest BCUT2D eigenvalue weighted by molar-refractivity contribution is -0.137. The van der Waals surface area contributed by atoms with Crippen LogP contribution in [-0.4, -0.2) is 31.4 Å². The molecule has 0 atom stereocenters. The van der Waals surface area contributed by atoms with Crippen molar-refractivity contribution in [2.24, 2.45) is 0 Å². The highest BCUT2D eigenvalue weighted by molar-refractivity contribution is 7.99. The number of benzene rings is 2. The van der Waals surface area contributed by atoms with E-state index in [-0.39, 0.29) is 30.5 Å². The van der Waals surface area contributed by atoms with E-state index in [2.05, 4.69) is 0 Å². The minimum atomic E-state index is -4.45. The van der Waals surface area contributed by atoms with Crippen molar-refractivity contribution in [2.45, 2.75) is 16.0 Å². The third kappa shape index (κ3) is 3.94. The van der Waals surface area contributed by atoms with Crippen molar-refractivity contribution in [1.29, 1.82) is 0 Å². The van der Waals surface area contributed by atoms with Crippen LogP contribution in [0.2, 0.25) is 0 Å². The average molecular weight is 389 g/mol. The number of likely N-dealkylation sites (N-methyl/N-ethyl adjacent to an activating group) is 1. The number of para-hydroxylation sites is 1. The highest BCUT2D eigenvalue weighted by Crippen LogP contribution is 2.49. The molecule has 0 saturated carbocycles. The highest BCUT2D eigenvalue weighted by Gasteiger charge is 2.34. The first-order valence-corrected chi connectivity index (χ1v) is 8.05. The van der Waals surface area contributed by atoms with Gasteiger partial charge >= 0.3 is 6.18 Å². The van der Waals surface area contributed by atoms with Crippen LogP contribution >= 0.6 is 24.2 Å². The number of carbonyl (C=O) groups excluding carboxylic acids is 1. The number of hydrogen-bond acceptors (Lipinski definition) is 3. The first kappa shape index (κ1) is 19.6. The van der Waals surface area contributed by atoms with E-state index in [0.717, 1.165) is 17.0 Å². The van der Waals surface area contributed by atoms with Gasteiger partial charge in [-0.25, -0.2) is 0 Å². The van der Waals surface area contributed by atoms with Gasteiger partial charge in [0, 0.05) is 9.79 Å². The first-order chi connectivity index (χ1) is 11.3. The molecule has 0 saturated heterocycles. The molecule has 0 unspecified atom stereocenters. The molecule has 0 N–H and O–H groups in total. The average Bonchev–Trinajstić information content (AvgIpc) is 2.50. The number of rotatable bonds is 2. The van der Waals surface area contributed by atoms with Crippen molar-refractivity contribution in [3.8, 4) is 0 Å². The summed E-state index contributed by atoms with van der Waals surface area (Å²) in [7, 11) is 3.49. The Morgan fingerprint density at radius 1 is 1.08 bits per heavy atom. The molecule has 1 aliphatic rings. The van der Waals surface area contributed by atoms with Crippen molar-refractivity contribution >= 4 is 41.5 Å². The van der Waals surface area contributed by atoms with Crippen molar-refractivity contribution in [1.82, 2.24) is 4.90 Å². The van der Waals surface area contributed by atoms with Gasteiger partial charge in [-0.1, -0.05) is 23.9 Å². The summed E-state index contributed by atoms with van der Waals surface area (Å²) in [5, 5.41) is 0. The summed E-state index contributed by atoms with van der Waals surface area (Å²) < 4.78 is 39.2. The number of anilines is 2. The summed E-state index contributed by atoms with van der Waals surface area (Å²) in [6.45, 7) is 0.106. The lowest BCUT2D eigenvalue weighted by atomic mass is 10.1. The molecule has 134 valence electrons. The molecule has 0 radical (unpaired) electrons. The van der Waals surface area contributed by atoms with Gasteiger partial charge in [0.05, 0.1) is 23.5 Å². The fourth-order valence-corrected chi connectivity index (χ4v) is 3.58. The van der Waals surface area contributed by atoms with Crippen LogP contribution in [0.5, 0.6) is 0 Å². The molecule has 2 aromatic rings. The number of nitrogens with zero attached hydrogens (tertiary/aromatic N) is 2. The Labute approximate surface area is 154 Å². The minimum absolute atomic E-state index is 0. The van der Waals surface area contributed by atoms with Gasteiger partial charge in [-0.15, -0.1) is 12.4 Å². The molecule has 1 heterocycles. The third-order valence-electron chi connectivity index (χ3n) is 3.55. The zero-order valence-electron chi connectivity index (χ0n) is 13.5. The molecule has 1 aliphatic heterocycles. The van der Waals surface area contributed by atoms with E-state index < -0.39 is 11.7 Å². The summed E-state index contributed by atoms with van der Waals surface area (Å²) in [5.74, 6) is -0.270. The van der Waals surface area contributed by atoms with E-state index in [0.29, 0.717) is 10.6 Å². The molecule has 0 aliphatic carbocycles. The Hall–Kier alpha value is -1.70. The lowest BCUT2D eigenvalue weighted by Gasteiger charge is -2.32. The smallest absolute Gasteiger partial charge is 0.301 e. The maximum Gasteiger partial charge on any atom is 0.416 e. The van der Waals surface area contributed by atoms with Gasteiger partial charge in [-0.2, -0.15) is 13.2 Å². The molecule has 0 fully saturated rings. The number of carbonyl (C=O) groups is 1. The van der Waals surface area contributed by atoms with E-state index in [1.54, 1.807) is 31.1 Å². The van der Waals surface area contributed by atoms with Gasteiger partial charge in [-0.05, 0) is 44.4 Å². The molecular weight excluding hydrogens is 373 g/mol. The van der Waals surface area contributed by atoms with Crippen LogP contribution in [0.4, 0.5) is 24.5 Å². The van der Waals surface area contributed by atoms with E-state index in [1.165, 1.54) is 22.7 Å². The molecule has 0 spiro atoms. The third-order valence-corrected chi connectivity index (χ3v) is 4.68. The topological polar surface area (TPSA) is 23.6 Å².